The summed E-state index contributed by atoms with van der Waals surface area (Å²) in [5.74, 6) is -1.66. The van der Waals surface area contributed by atoms with Gasteiger partial charge in [0.1, 0.15) is 0 Å². The maximum absolute atomic E-state index is 13.3. The highest BCUT2D eigenvalue weighted by molar-refractivity contribution is 9.10. The number of carboxylic acid groups (broad SMARTS) is 1. The Morgan fingerprint density at radius 2 is 1.11 bits per heavy atom. The van der Waals surface area contributed by atoms with Gasteiger partial charge in [-0.2, -0.15) is 9.44 Å². The van der Waals surface area contributed by atoms with Gasteiger partial charge in [-0.05, 0) is 72.5 Å². The fourth-order valence-corrected chi connectivity index (χ4v) is 6.63. The van der Waals surface area contributed by atoms with Gasteiger partial charge in [-0.15, -0.1) is 0 Å². The van der Waals surface area contributed by atoms with E-state index in [9.17, 15) is 26.7 Å². The van der Waals surface area contributed by atoms with E-state index in [0.29, 0.717) is 10.9 Å². The highest BCUT2D eigenvalue weighted by atomic mass is 79.9. The molecule has 3 aromatic carbocycles. The second kappa shape index (κ2) is 11.5. The highest BCUT2D eigenvalue weighted by Gasteiger charge is 2.45. The van der Waals surface area contributed by atoms with Crippen LogP contribution in [0.5, 0.6) is 0 Å². The number of hydrogen-bond acceptors (Lipinski definition) is 5. The third-order valence-electron chi connectivity index (χ3n) is 5.35. The minimum atomic E-state index is -4.43. The predicted molar refractivity (Wildman–Crippen MR) is 144 cm³/mol. The number of hydrogen-bond donors (Lipinski definition) is 3. The number of nitrogens with one attached hydrogen (secondary N) is 2. The third-order valence-corrected chi connectivity index (χ3v) is 9.43. The molecule has 0 fully saturated rings. The van der Waals surface area contributed by atoms with E-state index in [-0.39, 0.29) is 22.6 Å². The van der Waals surface area contributed by atoms with Crippen LogP contribution in [0.25, 0.3) is 11.1 Å². The zero-order valence-electron chi connectivity index (χ0n) is 19.1. The minimum absolute atomic E-state index is 0.201. The van der Waals surface area contributed by atoms with E-state index >= 15 is 0 Å². The molecule has 3 N–H and O–H groups in total. The van der Waals surface area contributed by atoms with Crippen LogP contribution >= 0.6 is 31.9 Å². The maximum Gasteiger partial charge on any atom is 0.340 e. The standard InChI is InChI=1S/C24H24Br2N2O6S2/c1-2-3-16-24(23(29)30,28-36(33,34)22-14-10-20(26)11-15-22)27-35(31,32)21-12-6-18(7-13-21)17-4-8-19(25)9-5-17/h4-15,27-28H,2-3,16H2,1H3,(H,29,30). The molecule has 3 rings (SSSR count). The molecule has 12 heteroatoms. The molecule has 3 aromatic rings. The third kappa shape index (κ3) is 6.81. The Bertz CT molecular complexity index is 1430. The summed E-state index contributed by atoms with van der Waals surface area (Å²) in [5.41, 5.74) is -0.876. The number of rotatable bonds is 11. The number of carbonyl (C=O) groups is 1. The molecule has 0 saturated heterocycles. The molecule has 36 heavy (non-hydrogen) atoms. The van der Waals surface area contributed by atoms with Gasteiger partial charge in [0.2, 0.25) is 20.0 Å². The quantitative estimate of drug-likeness (QED) is 0.246. The normalized spacial score (nSPS) is 13.8. The average molecular weight is 660 g/mol. The van der Waals surface area contributed by atoms with Crippen LogP contribution in [0, 0.1) is 0 Å². The summed E-state index contributed by atoms with van der Waals surface area (Å²) in [4.78, 5) is 12.0. The van der Waals surface area contributed by atoms with Crippen LogP contribution in [0.15, 0.2) is 91.5 Å². The summed E-state index contributed by atoms with van der Waals surface area (Å²) in [6.07, 6.45) is 0.462. The van der Waals surface area contributed by atoms with Crippen LogP contribution in [0.2, 0.25) is 0 Å². The van der Waals surface area contributed by atoms with Crippen molar-refractivity contribution in [3.8, 4) is 11.1 Å². The molecule has 1 atom stereocenters. The molecule has 0 radical (unpaired) electrons. The first-order chi connectivity index (χ1) is 16.9. The summed E-state index contributed by atoms with van der Waals surface area (Å²) in [6.45, 7) is 1.78. The molecule has 0 spiro atoms. The van der Waals surface area contributed by atoms with Gasteiger partial charge in [-0.3, -0.25) is 0 Å². The van der Waals surface area contributed by atoms with Crippen molar-refractivity contribution in [3.63, 3.8) is 0 Å². The highest BCUT2D eigenvalue weighted by Crippen LogP contribution is 2.25. The Hall–Kier alpha value is -2.09. The lowest BCUT2D eigenvalue weighted by molar-refractivity contribution is -0.145. The van der Waals surface area contributed by atoms with Gasteiger partial charge in [-0.25, -0.2) is 21.6 Å². The van der Waals surface area contributed by atoms with Crippen LogP contribution in [0.3, 0.4) is 0 Å². The fraction of sp³-hybridized carbons (Fsp3) is 0.208. The van der Waals surface area contributed by atoms with Gasteiger partial charge in [-0.1, -0.05) is 69.5 Å². The molecule has 0 amide bonds. The summed E-state index contributed by atoms with van der Waals surface area (Å²) < 4.78 is 58.4. The van der Waals surface area contributed by atoms with Crippen LogP contribution in [0.4, 0.5) is 0 Å². The zero-order chi connectivity index (χ0) is 26.6. The average Bonchev–Trinajstić information content (AvgIpc) is 2.83. The van der Waals surface area contributed by atoms with Gasteiger partial charge in [0.05, 0.1) is 9.79 Å². The van der Waals surface area contributed by atoms with Crippen LogP contribution in [-0.4, -0.2) is 33.6 Å². The fourth-order valence-electron chi connectivity index (χ4n) is 3.42. The summed E-state index contributed by atoms with van der Waals surface area (Å²) in [7, 11) is -8.83. The van der Waals surface area contributed by atoms with Crippen molar-refractivity contribution in [3.05, 3.63) is 81.7 Å². The van der Waals surface area contributed by atoms with Gasteiger partial charge in [0.15, 0.2) is 5.66 Å². The van der Waals surface area contributed by atoms with E-state index < -0.39 is 31.7 Å². The van der Waals surface area contributed by atoms with E-state index in [1.807, 2.05) is 24.3 Å². The summed E-state index contributed by atoms with van der Waals surface area (Å²) in [5, 5.41) is 10.1. The Morgan fingerprint density at radius 3 is 1.50 bits per heavy atom. The minimum Gasteiger partial charge on any atom is -0.479 e. The Morgan fingerprint density at radius 1 is 0.750 bits per heavy atom. The number of benzene rings is 3. The van der Waals surface area contributed by atoms with Crippen molar-refractivity contribution in [1.82, 2.24) is 9.44 Å². The molecule has 0 saturated carbocycles. The van der Waals surface area contributed by atoms with Crippen LogP contribution < -0.4 is 9.44 Å². The molecule has 1 unspecified atom stereocenters. The molecule has 0 aromatic heterocycles. The van der Waals surface area contributed by atoms with E-state index in [1.165, 1.54) is 36.4 Å². The first kappa shape index (κ1) is 28.5. The second-order valence-corrected chi connectivity index (χ2v) is 13.2. The summed E-state index contributed by atoms with van der Waals surface area (Å²) in [6, 6.07) is 18.9. The van der Waals surface area contributed by atoms with Crippen molar-refractivity contribution in [1.29, 1.82) is 0 Å². The smallest absolute Gasteiger partial charge is 0.340 e. The number of sulfonamides is 2. The van der Waals surface area contributed by atoms with Crippen molar-refractivity contribution in [2.45, 2.75) is 41.6 Å². The Labute approximate surface area is 227 Å². The molecule has 0 aliphatic rings. The number of aliphatic carboxylic acids is 1. The van der Waals surface area contributed by atoms with E-state index in [0.717, 1.165) is 15.6 Å². The monoisotopic (exact) mass is 658 g/mol. The molecule has 8 nitrogen and oxygen atoms in total. The Balaban J connectivity index is 1.96. The molecular weight excluding hydrogens is 636 g/mol. The van der Waals surface area contributed by atoms with Gasteiger partial charge >= 0.3 is 5.97 Å². The van der Waals surface area contributed by atoms with Crippen LogP contribution in [-0.2, 0) is 24.8 Å². The zero-order valence-corrected chi connectivity index (χ0v) is 23.9. The van der Waals surface area contributed by atoms with Gasteiger partial charge in [0.25, 0.3) is 0 Å². The summed E-state index contributed by atoms with van der Waals surface area (Å²) >= 11 is 6.58. The largest absolute Gasteiger partial charge is 0.479 e. The first-order valence-corrected chi connectivity index (χ1v) is 15.4. The second-order valence-electron chi connectivity index (χ2n) is 8.01. The predicted octanol–water partition coefficient (Wildman–Crippen LogP) is 5.11. The van der Waals surface area contributed by atoms with Crippen molar-refractivity contribution in [2.24, 2.45) is 0 Å². The van der Waals surface area contributed by atoms with Crippen molar-refractivity contribution >= 4 is 57.9 Å². The van der Waals surface area contributed by atoms with Crippen LogP contribution in [0.1, 0.15) is 26.2 Å². The van der Waals surface area contributed by atoms with Crippen molar-refractivity contribution < 1.29 is 26.7 Å². The molecule has 192 valence electrons. The molecule has 0 bridgehead atoms. The van der Waals surface area contributed by atoms with Crippen molar-refractivity contribution in [2.75, 3.05) is 0 Å². The number of unbranched alkanes of at least 4 members (excludes halogenated alkanes) is 1. The van der Waals surface area contributed by atoms with E-state index in [4.69, 9.17) is 0 Å². The number of carboxylic acids is 1. The molecule has 0 heterocycles. The SMILES string of the molecule is CCCCC(NS(=O)(=O)c1ccc(Br)cc1)(NS(=O)(=O)c1ccc(-c2ccc(Br)cc2)cc1)C(=O)O. The Kier molecular flexibility index (Phi) is 9.12. The molecule has 0 aliphatic heterocycles. The molecule has 0 aliphatic carbocycles. The van der Waals surface area contributed by atoms with Gasteiger partial charge in [0, 0.05) is 8.95 Å². The lowest BCUT2D eigenvalue weighted by Gasteiger charge is -2.31. The lowest BCUT2D eigenvalue weighted by atomic mass is 10.1. The topological polar surface area (TPSA) is 130 Å². The molecular formula is C24H24Br2N2O6S2. The van der Waals surface area contributed by atoms with Gasteiger partial charge < -0.3 is 5.11 Å². The maximum atomic E-state index is 13.3. The first-order valence-electron chi connectivity index (χ1n) is 10.8. The van der Waals surface area contributed by atoms with E-state index in [2.05, 4.69) is 41.3 Å². The number of halogens is 2. The lowest BCUT2D eigenvalue weighted by Crippen LogP contribution is -2.65. The van der Waals surface area contributed by atoms with E-state index in [1.54, 1.807) is 19.1 Å².